The van der Waals surface area contributed by atoms with E-state index in [-0.39, 0.29) is 11.9 Å². The molecule has 1 N–H and O–H groups in total. The molecule has 0 saturated heterocycles. The third-order valence-corrected chi connectivity index (χ3v) is 2.51. The number of methoxy groups -OCH3 is 1. The summed E-state index contributed by atoms with van der Waals surface area (Å²) in [6, 6.07) is 7.11. The van der Waals surface area contributed by atoms with Crippen molar-refractivity contribution in [1.29, 1.82) is 0 Å². The van der Waals surface area contributed by atoms with E-state index in [9.17, 15) is 4.79 Å². The second-order valence-electron chi connectivity index (χ2n) is 3.87. The van der Waals surface area contributed by atoms with Crippen LogP contribution in [-0.4, -0.2) is 29.6 Å². The lowest BCUT2D eigenvalue weighted by Gasteiger charge is -2.06. The van der Waals surface area contributed by atoms with Gasteiger partial charge in [-0.1, -0.05) is 0 Å². The molecule has 2 rings (SSSR count). The first-order valence-electron chi connectivity index (χ1n) is 6.13. The third kappa shape index (κ3) is 3.44. The van der Waals surface area contributed by atoms with Crippen LogP contribution in [0.15, 0.2) is 36.7 Å². The minimum absolute atomic E-state index is 0.236. The van der Waals surface area contributed by atoms with Gasteiger partial charge < -0.3 is 14.8 Å². The van der Waals surface area contributed by atoms with Gasteiger partial charge in [-0.2, -0.15) is 0 Å². The highest BCUT2D eigenvalue weighted by Gasteiger charge is 2.07. The fourth-order valence-corrected chi connectivity index (χ4v) is 1.53. The van der Waals surface area contributed by atoms with Crippen LogP contribution < -0.4 is 14.8 Å². The molecule has 0 radical (unpaired) electrons. The van der Waals surface area contributed by atoms with Gasteiger partial charge in [0.1, 0.15) is 5.75 Å². The number of hydrogen-bond donors (Lipinski definition) is 1. The molecule has 0 bridgehead atoms. The van der Waals surface area contributed by atoms with E-state index < -0.39 is 0 Å². The summed E-state index contributed by atoms with van der Waals surface area (Å²) in [5.41, 5.74) is 1.04. The summed E-state index contributed by atoms with van der Waals surface area (Å²) >= 11 is 0. The summed E-state index contributed by atoms with van der Waals surface area (Å²) in [7, 11) is 1.58. The molecular formula is C14H15N3O3. The predicted octanol–water partition coefficient (Wildman–Crippen LogP) is 2.14. The average Bonchev–Trinajstić information content (AvgIpc) is 2.49. The Hall–Kier alpha value is -2.63. The van der Waals surface area contributed by atoms with Crippen LogP contribution >= 0.6 is 0 Å². The van der Waals surface area contributed by atoms with Crippen LogP contribution in [0, 0.1) is 0 Å². The number of hydrogen-bond acceptors (Lipinski definition) is 5. The van der Waals surface area contributed by atoms with Crippen molar-refractivity contribution in [3.05, 3.63) is 42.2 Å². The summed E-state index contributed by atoms with van der Waals surface area (Å²) < 4.78 is 10.2. The van der Waals surface area contributed by atoms with E-state index in [4.69, 9.17) is 9.47 Å². The highest BCUT2D eigenvalue weighted by atomic mass is 16.5. The lowest BCUT2D eigenvalue weighted by molar-refractivity contribution is 0.102. The Kier molecular flexibility index (Phi) is 4.49. The van der Waals surface area contributed by atoms with Crippen molar-refractivity contribution in [3.63, 3.8) is 0 Å². The summed E-state index contributed by atoms with van der Waals surface area (Å²) in [5.74, 6) is 0.464. The number of aromatic nitrogens is 2. The van der Waals surface area contributed by atoms with E-state index in [2.05, 4.69) is 15.3 Å². The zero-order valence-corrected chi connectivity index (χ0v) is 11.3. The predicted molar refractivity (Wildman–Crippen MR) is 74.1 cm³/mol. The quantitative estimate of drug-likeness (QED) is 0.903. The van der Waals surface area contributed by atoms with Gasteiger partial charge in [0.2, 0.25) is 0 Å². The number of ether oxygens (including phenoxy) is 2. The number of nitrogens with zero attached hydrogens (tertiary/aromatic N) is 2. The van der Waals surface area contributed by atoms with Gasteiger partial charge in [-0.05, 0) is 31.2 Å². The van der Waals surface area contributed by atoms with Crippen LogP contribution in [0.25, 0.3) is 0 Å². The maximum Gasteiger partial charge on any atom is 0.316 e. The molecule has 0 aliphatic rings. The van der Waals surface area contributed by atoms with Crippen molar-refractivity contribution in [2.75, 3.05) is 19.0 Å². The molecule has 0 unspecified atom stereocenters. The Morgan fingerprint density at radius 2 is 1.85 bits per heavy atom. The summed E-state index contributed by atoms with van der Waals surface area (Å²) in [4.78, 5) is 19.9. The number of benzene rings is 1. The van der Waals surface area contributed by atoms with Crippen molar-refractivity contribution in [3.8, 4) is 11.8 Å². The molecule has 0 aliphatic carbocycles. The topological polar surface area (TPSA) is 73.3 Å². The van der Waals surface area contributed by atoms with Gasteiger partial charge >= 0.3 is 6.01 Å². The maximum atomic E-state index is 12.0. The zero-order valence-electron chi connectivity index (χ0n) is 11.3. The first kappa shape index (κ1) is 13.8. The minimum atomic E-state index is -0.236. The zero-order chi connectivity index (χ0) is 14.4. The van der Waals surface area contributed by atoms with Gasteiger partial charge in [0.05, 0.1) is 31.8 Å². The molecule has 1 aromatic heterocycles. The normalized spacial score (nSPS) is 9.90. The monoisotopic (exact) mass is 273 g/mol. The molecular weight excluding hydrogens is 258 g/mol. The van der Waals surface area contributed by atoms with Crippen molar-refractivity contribution >= 4 is 11.6 Å². The number of nitrogens with one attached hydrogen (secondary N) is 1. The molecule has 0 aliphatic heterocycles. The van der Waals surface area contributed by atoms with Gasteiger partial charge in [0, 0.05) is 5.56 Å². The van der Waals surface area contributed by atoms with E-state index >= 15 is 0 Å². The number of amides is 1. The Morgan fingerprint density at radius 3 is 2.40 bits per heavy atom. The smallest absolute Gasteiger partial charge is 0.316 e. The summed E-state index contributed by atoms with van der Waals surface area (Å²) in [6.07, 6.45) is 3.00. The van der Waals surface area contributed by atoms with Gasteiger partial charge in [-0.25, -0.2) is 9.97 Å². The largest absolute Gasteiger partial charge is 0.497 e. The lowest BCUT2D eigenvalue weighted by atomic mass is 10.2. The number of carbonyl (C=O) groups is 1. The first-order chi connectivity index (χ1) is 9.72. The second kappa shape index (κ2) is 6.51. The van der Waals surface area contributed by atoms with Crippen molar-refractivity contribution in [2.24, 2.45) is 0 Å². The molecule has 0 fully saturated rings. The fourth-order valence-electron chi connectivity index (χ4n) is 1.53. The highest BCUT2D eigenvalue weighted by molar-refractivity contribution is 6.04. The molecule has 104 valence electrons. The minimum Gasteiger partial charge on any atom is -0.497 e. The molecule has 1 aromatic carbocycles. The number of carbonyl (C=O) groups excluding carboxylic acids is 1. The van der Waals surface area contributed by atoms with E-state index in [1.54, 1.807) is 31.4 Å². The van der Waals surface area contributed by atoms with Crippen LogP contribution in [-0.2, 0) is 0 Å². The van der Waals surface area contributed by atoms with Crippen molar-refractivity contribution < 1.29 is 14.3 Å². The van der Waals surface area contributed by atoms with Gasteiger partial charge in [-0.15, -0.1) is 0 Å². The van der Waals surface area contributed by atoms with E-state index in [1.807, 2.05) is 6.92 Å². The summed E-state index contributed by atoms with van der Waals surface area (Å²) in [6.45, 7) is 2.35. The van der Waals surface area contributed by atoms with Gasteiger partial charge in [0.25, 0.3) is 5.91 Å². The number of anilines is 1. The van der Waals surface area contributed by atoms with Crippen molar-refractivity contribution in [2.45, 2.75) is 6.92 Å². The molecule has 2 aromatic rings. The summed E-state index contributed by atoms with van der Waals surface area (Å²) in [5, 5.41) is 2.70. The maximum absolute atomic E-state index is 12.0. The van der Waals surface area contributed by atoms with Gasteiger partial charge in [0.15, 0.2) is 0 Å². The molecule has 1 heterocycles. The number of rotatable bonds is 5. The highest BCUT2D eigenvalue weighted by Crippen LogP contribution is 2.13. The third-order valence-electron chi connectivity index (χ3n) is 2.51. The lowest BCUT2D eigenvalue weighted by Crippen LogP contribution is -2.12. The molecule has 6 nitrogen and oxygen atoms in total. The van der Waals surface area contributed by atoms with Crippen molar-refractivity contribution in [1.82, 2.24) is 9.97 Å². The molecule has 0 spiro atoms. The van der Waals surface area contributed by atoms with Crippen LogP contribution in [0.3, 0.4) is 0 Å². The average molecular weight is 273 g/mol. The van der Waals surface area contributed by atoms with Crippen LogP contribution in [0.4, 0.5) is 5.69 Å². The fraction of sp³-hybridized carbons (Fsp3) is 0.214. The Morgan fingerprint density at radius 1 is 1.20 bits per heavy atom. The molecule has 0 atom stereocenters. The van der Waals surface area contributed by atoms with Crippen LogP contribution in [0.2, 0.25) is 0 Å². The molecule has 1 amide bonds. The van der Waals surface area contributed by atoms with E-state index in [0.717, 1.165) is 0 Å². The molecule has 0 saturated carbocycles. The van der Waals surface area contributed by atoms with Gasteiger partial charge in [-0.3, -0.25) is 4.79 Å². The molecule has 6 heteroatoms. The Balaban J connectivity index is 2.02. The Bertz CT molecular complexity index is 567. The van der Waals surface area contributed by atoms with E-state index in [0.29, 0.717) is 23.6 Å². The SMILES string of the molecule is CCOc1ncc(NC(=O)c2ccc(OC)cc2)cn1. The molecule has 20 heavy (non-hydrogen) atoms. The standard InChI is InChI=1S/C14H15N3O3/c1-3-20-14-15-8-11(9-16-14)17-13(18)10-4-6-12(19-2)7-5-10/h4-9H,3H2,1-2H3,(H,17,18). The second-order valence-corrected chi connectivity index (χ2v) is 3.87. The van der Waals surface area contributed by atoms with E-state index in [1.165, 1.54) is 12.4 Å². The first-order valence-corrected chi connectivity index (χ1v) is 6.13. The van der Waals surface area contributed by atoms with Crippen LogP contribution in [0.5, 0.6) is 11.8 Å². The van der Waals surface area contributed by atoms with Crippen LogP contribution in [0.1, 0.15) is 17.3 Å². The Labute approximate surface area is 116 Å².